The Balaban J connectivity index is 1.78. The normalized spacial score (nSPS) is 11.7. The van der Waals surface area contributed by atoms with Crippen LogP contribution in [0.1, 0.15) is 26.9 Å². The van der Waals surface area contributed by atoms with Gasteiger partial charge in [0.25, 0.3) is 0 Å². The number of aryl methyl sites for hydroxylation is 3. The zero-order valence-electron chi connectivity index (χ0n) is 12.9. The van der Waals surface area contributed by atoms with Crippen molar-refractivity contribution < 1.29 is 4.52 Å². The van der Waals surface area contributed by atoms with Crippen LogP contribution in [0.15, 0.2) is 15.7 Å². The quantitative estimate of drug-likeness (QED) is 0.652. The molecule has 0 spiro atoms. The standard InChI is InChI=1S/C14H21N5OS/c1-9-7-17-13(21-9)8-18-14(15-4)16-6-5-12-10(2)19-20-11(12)3/h7H,5-6,8H2,1-4H3,(H2,15,16,18). The first-order valence-electron chi connectivity index (χ1n) is 6.87. The van der Waals surface area contributed by atoms with Gasteiger partial charge in [-0.3, -0.25) is 4.99 Å². The number of nitrogens with zero attached hydrogens (tertiary/aromatic N) is 3. The van der Waals surface area contributed by atoms with Crippen molar-refractivity contribution in [2.45, 2.75) is 33.7 Å². The maximum Gasteiger partial charge on any atom is 0.191 e. The minimum absolute atomic E-state index is 0.684. The summed E-state index contributed by atoms with van der Waals surface area (Å²) in [5.41, 5.74) is 2.11. The predicted molar refractivity (Wildman–Crippen MR) is 84.7 cm³/mol. The largest absolute Gasteiger partial charge is 0.361 e. The number of thiazole rings is 1. The molecule has 2 heterocycles. The van der Waals surface area contributed by atoms with Gasteiger partial charge >= 0.3 is 0 Å². The number of aliphatic imine (C=N–C) groups is 1. The zero-order chi connectivity index (χ0) is 15.2. The van der Waals surface area contributed by atoms with Crippen molar-refractivity contribution in [1.29, 1.82) is 0 Å². The van der Waals surface area contributed by atoms with Crippen molar-refractivity contribution in [2.75, 3.05) is 13.6 Å². The second-order valence-electron chi connectivity index (χ2n) is 4.77. The number of hydrogen-bond donors (Lipinski definition) is 2. The number of hydrogen-bond acceptors (Lipinski definition) is 5. The second-order valence-corrected chi connectivity index (χ2v) is 6.09. The van der Waals surface area contributed by atoms with Crippen molar-refractivity contribution in [3.05, 3.63) is 33.1 Å². The fraction of sp³-hybridized carbons (Fsp3) is 0.500. The Hall–Kier alpha value is -1.89. The highest BCUT2D eigenvalue weighted by Crippen LogP contribution is 2.12. The van der Waals surface area contributed by atoms with E-state index in [9.17, 15) is 0 Å². The van der Waals surface area contributed by atoms with E-state index < -0.39 is 0 Å². The van der Waals surface area contributed by atoms with Crippen molar-refractivity contribution in [2.24, 2.45) is 4.99 Å². The van der Waals surface area contributed by atoms with Gasteiger partial charge in [0.2, 0.25) is 0 Å². The van der Waals surface area contributed by atoms with E-state index >= 15 is 0 Å². The molecule has 0 aliphatic heterocycles. The van der Waals surface area contributed by atoms with Crippen LogP contribution >= 0.6 is 11.3 Å². The molecule has 0 aliphatic rings. The topological polar surface area (TPSA) is 75.3 Å². The molecule has 6 nitrogen and oxygen atoms in total. The summed E-state index contributed by atoms with van der Waals surface area (Å²) in [6.07, 6.45) is 2.74. The molecular formula is C14H21N5OS. The van der Waals surface area contributed by atoms with Crippen LogP contribution in [0.4, 0.5) is 0 Å². The Labute approximate surface area is 128 Å². The molecule has 0 radical (unpaired) electrons. The van der Waals surface area contributed by atoms with Crippen LogP contribution in [0.5, 0.6) is 0 Å². The molecule has 0 saturated carbocycles. The lowest BCUT2D eigenvalue weighted by molar-refractivity contribution is 0.392. The molecule has 0 saturated heterocycles. The van der Waals surface area contributed by atoms with Crippen molar-refractivity contribution in [3.8, 4) is 0 Å². The van der Waals surface area contributed by atoms with E-state index in [4.69, 9.17) is 4.52 Å². The van der Waals surface area contributed by atoms with Gasteiger partial charge in [-0.15, -0.1) is 11.3 Å². The summed E-state index contributed by atoms with van der Waals surface area (Å²) in [4.78, 5) is 9.74. The third kappa shape index (κ3) is 4.29. The summed E-state index contributed by atoms with van der Waals surface area (Å²) in [6, 6.07) is 0. The van der Waals surface area contributed by atoms with Crippen LogP contribution in [0.3, 0.4) is 0 Å². The third-order valence-electron chi connectivity index (χ3n) is 3.15. The van der Waals surface area contributed by atoms with Crippen LogP contribution in [-0.4, -0.2) is 29.7 Å². The van der Waals surface area contributed by atoms with Crippen molar-refractivity contribution in [1.82, 2.24) is 20.8 Å². The molecule has 0 aliphatic carbocycles. The average molecular weight is 307 g/mol. The third-order valence-corrected chi connectivity index (χ3v) is 4.06. The second kappa shape index (κ2) is 7.21. The highest BCUT2D eigenvalue weighted by Gasteiger charge is 2.08. The molecule has 0 amide bonds. The van der Waals surface area contributed by atoms with Crippen LogP contribution in [0.2, 0.25) is 0 Å². The lowest BCUT2D eigenvalue weighted by Crippen LogP contribution is -2.37. The van der Waals surface area contributed by atoms with Crippen LogP contribution in [0.25, 0.3) is 0 Å². The van der Waals surface area contributed by atoms with E-state index in [0.717, 1.165) is 41.0 Å². The van der Waals surface area contributed by atoms with Gasteiger partial charge in [0.15, 0.2) is 5.96 Å². The number of aromatic nitrogens is 2. The maximum atomic E-state index is 5.16. The SMILES string of the molecule is CN=C(NCCc1c(C)noc1C)NCc1ncc(C)s1. The molecule has 0 unspecified atom stereocenters. The molecular weight excluding hydrogens is 286 g/mol. The summed E-state index contributed by atoms with van der Waals surface area (Å²) in [7, 11) is 1.76. The summed E-state index contributed by atoms with van der Waals surface area (Å²) in [6.45, 7) is 7.41. The fourth-order valence-electron chi connectivity index (χ4n) is 2.03. The summed E-state index contributed by atoms with van der Waals surface area (Å²) in [5, 5.41) is 11.6. The van der Waals surface area contributed by atoms with Gasteiger partial charge in [0.05, 0.1) is 12.2 Å². The summed E-state index contributed by atoms with van der Waals surface area (Å²) >= 11 is 1.69. The Morgan fingerprint density at radius 3 is 2.71 bits per heavy atom. The van der Waals surface area contributed by atoms with E-state index in [0.29, 0.717) is 6.54 Å². The van der Waals surface area contributed by atoms with Gasteiger partial charge in [-0.05, 0) is 27.2 Å². The molecule has 2 rings (SSSR count). The lowest BCUT2D eigenvalue weighted by Gasteiger charge is -2.10. The first-order chi connectivity index (χ1) is 10.1. The highest BCUT2D eigenvalue weighted by molar-refractivity contribution is 7.11. The Bertz CT molecular complexity index is 597. The smallest absolute Gasteiger partial charge is 0.191 e. The predicted octanol–water partition coefficient (Wildman–Crippen LogP) is 1.96. The van der Waals surface area contributed by atoms with Gasteiger partial charge in [0.1, 0.15) is 10.8 Å². The molecule has 2 aromatic rings. The van der Waals surface area contributed by atoms with E-state index in [1.807, 2.05) is 20.0 Å². The van der Waals surface area contributed by atoms with Gasteiger partial charge in [0, 0.05) is 30.2 Å². The van der Waals surface area contributed by atoms with Crippen LogP contribution in [-0.2, 0) is 13.0 Å². The Morgan fingerprint density at radius 1 is 1.33 bits per heavy atom. The van der Waals surface area contributed by atoms with Crippen LogP contribution < -0.4 is 10.6 Å². The van der Waals surface area contributed by atoms with E-state index in [1.165, 1.54) is 4.88 Å². The van der Waals surface area contributed by atoms with Crippen molar-refractivity contribution in [3.63, 3.8) is 0 Å². The van der Waals surface area contributed by atoms with E-state index in [1.54, 1.807) is 18.4 Å². The van der Waals surface area contributed by atoms with Gasteiger partial charge in [-0.2, -0.15) is 0 Å². The molecule has 0 aromatic carbocycles. The van der Waals surface area contributed by atoms with Gasteiger partial charge < -0.3 is 15.2 Å². The molecule has 7 heteroatoms. The minimum atomic E-state index is 0.684. The first-order valence-corrected chi connectivity index (χ1v) is 7.69. The van der Waals surface area contributed by atoms with E-state index in [-0.39, 0.29) is 0 Å². The Kier molecular flexibility index (Phi) is 5.32. The number of nitrogens with one attached hydrogen (secondary N) is 2. The number of guanidine groups is 1. The molecule has 0 bridgehead atoms. The molecule has 0 atom stereocenters. The monoisotopic (exact) mass is 307 g/mol. The number of rotatable bonds is 5. The molecule has 0 fully saturated rings. The lowest BCUT2D eigenvalue weighted by atomic mass is 10.1. The summed E-state index contributed by atoms with van der Waals surface area (Å²) < 4.78 is 5.16. The average Bonchev–Trinajstić information content (AvgIpc) is 3.02. The van der Waals surface area contributed by atoms with Crippen LogP contribution in [0, 0.1) is 20.8 Å². The fourth-order valence-corrected chi connectivity index (χ4v) is 2.75. The van der Waals surface area contributed by atoms with Gasteiger partial charge in [-0.25, -0.2) is 4.98 Å². The molecule has 2 N–H and O–H groups in total. The maximum absolute atomic E-state index is 5.16. The van der Waals surface area contributed by atoms with E-state index in [2.05, 4.69) is 32.7 Å². The highest BCUT2D eigenvalue weighted by atomic mass is 32.1. The first kappa shape index (κ1) is 15.5. The van der Waals surface area contributed by atoms with Crippen molar-refractivity contribution >= 4 is 17.3 Å². The molecule has 21 heavy (non-hydrogen) atoms. The Morgan fingerprint density at radius 2 is 2.14 bits per heavy atom. The zero-order valence-corrected chi connectivity index (χ0v) is 13.7. The minimum Gasteiger partial charge on any atom is -0.361 e. The molecule has 2 aromatic heterocycles. The molecule has 114 valence electrons. The van der Waals surface area contributed by atoms with Gasteiger partial charge in [-0.1, -0.05) is 5.16 Å². The summed E-state index contributed by atoms with van der Waals surface area (Å²) in [5.74, 6) is 1.66.